The molecule has 1 aromatic heterocycles. The summed E-state index contributed by atoms with van der Waals surface area (Å²) in [5.74, 6) is 0.954. The molecular formula is C24H27N3O2. The third-order valence-electron chi connectivity index (χ3n) is 4.35. The van der Waals surface area contributed by atoms with Crippen LogP contribution in [0.2, 0.25) is 0 Å². The highest BCUT2D eigenvalue weighted by Crippen LogP contribution is 2.25. The predicted molar refractivity (Wildman–Crippen MR) is 118 cm³/mol. The summed E-state index contributed by atoms with van der Waals surface area (Å²) in [4.78, 5) is 17.0. The molecule has 0 atom stereocenters. The van der Waals surface area contributed by atoms with Gasteiger partial charge in [0.15, 0.2) is 0 Å². The van der Waals surface area contributed by atoms with Crippen molar-refractivity contribution in [1.29, 1.82) is 0 Å². The van der Waals surface area contributed by atoms with Gasteiger partial charge in [-0.1, -0.05) is 32.0 Å². The molecule has 29 heavy (non-hydrogen) atoms. The molecule has 1 heterocycles. The zero-order chi connectivity index (χ0) is 20.8. The van der Waals surface area contributed by atoms with Crippen molar-refractivity contribution in [3.05, 3.63) is 78.1 Å². The highest BCUT2D eigenvalue weighted by Gasteiger charge is 2.12. The molecule has 2 N–H and O–H groups in total. The molecule has 0 saturated heterocycles. The molecule has 0 aliphatic rings. The van der Waals surface area contributed by atoms with Crippen LogP contribution in [0, 0.1) is 0 Å². The van der Waals surface area contributed by atoms with Crippen LogP contribution in [0.3, 0.4) is 0 Å². The van der Waals surface area contributed by atoms with E-state index in [1.165, 1.54) is 0 Å². The van der Waals surface area contributed by atoms with Gasteiger partial charge in [-0.15, -0.1) is 0 Å². The number of hydrogen-bond acceptors (Lipinski definition) is 4. The van der Waals surface area contributed by atoms with E-state index in [1.807, 2.05) is 62.4 Å². The van der Waals surface area contributed by atoms with Crippen LogP contribution in [0.1, 0.15) is 49.5 Å². The molecule has 2 aromatic carbocycles. The summed E-state index contributed by atoms with van der Waals surface area (Å²) in [7, 11) is 0. The van der Waals surface area contributed by atoms with Crippen LogP contribution >= 0.6 is 0 Å². The third kappa shape index (κ3) is 5.57. The van der Waals surface area contributed by atoms with Gasteiger partial charge in [0, 0.05) is 17.6 Å². The molecule has 0 radical (unpaired) electrons. The number of aromatic nitrogens is 1. The molecule has 0 bridgehead atoms. The van der Waals surface area contributed by atoms with Gasteiger partial charge in [0.1, 0.15) is 5.75 Å². The van der Waals surface area contributed by atoms with Crippen molar-refractivity contribution < 1.29 is 9.53 Å². The van der Waals surface area contributed by atoms with Crippen molar-refractivity contribution in [2.45, 2.75) is 39.7 Å². The Hall–Kier alpha value is -3.34. The Balaban J connectivity index is 1.71. The maximum atomic E-state index is 12.7. The first-order chi connectivity index (χ1) is 13.9. The lowest BCUT2D eigenvalue weighted by atomic mass is 10.0. The Morgan fingerprint density at radius 3 is 2.34 bits per heavy atom. The van der Waals surface area contributed by atoms with Crippen molar-refractivity contribution >= 4 is 23.0 Å². The molecule has 150 valence electrons. The van der Waals surface area contributed by atoms with Gasteiger partial charge in [-0.3, -0.25) is 9.78 Å². The first-order valence-corrected chi connectivity index (χ1v) is 9.81. The number of anilines is 3. The van der Waals surface area contributed by atoms with E-state index < -0.39 is 0 Å². The minimum Gasteiger partial charge on any atom is -0.491 e. The zero-order valence-corrected chi connectivity index (χ0v) is 17.3. The first-order valence-electron chi connectivity index (χ1n) is 9.81. The molecule has 3 aromatic rings. The molecule has 1 amide bonds. The molecule has 0 spiro atoms. The fraction of sp³-hybridized carbons (Fsp3) is 0.250. The Labute approximate surface area is 172 Å². The fourth-order valence-corrected chi connectivity index (χ4v) is 3.00. The standard InChI is InChI=1S/C24H27N3O2/c1-16(2)22-7-5-6-8-23(22)27-24(28)18-13-20(15-25-14-18)26-19-9-11-21(12-10-19)29-17(3)4/h5-17,26H,1-4H3,(H,27,28). The fourth-order valence-electron chi connectivity index (χ4n) is 3.00. The number of ether oxygens (including phenoxy) is 1. The van der Waals surface area contributed by atoms with Gasteiger partial charge in [0.2, 0.25) is 0 Å². The van der Waals surface area contributed by atoms with Gasteiger partial charge in [-0.2, -0.15) is 0 Å². The summed E-state index contributed by atoms with van der Waals surface area (Å²) >= 11 is 0. The minimum absolute atomic E-state index is 0.133. The number of pyridine rings is 1. The molecule has 0 unspecified atom stereocenters. The highest BCUT2D eigenvalue weighted by atomic mass is 16.5. The normalized spacial score (nSPS) is 10.8. The second-order valence-corrected chi connectivity index (χ2v) is 7.47. The van der Waals surface area contributed by atoms with E-state index in [0.29, 0.717) is 11.5 Å². The Morgan fingerprint density at radius 1 is 0.931 bits per heavy atom. The molecule has 0 aliphatic heterocycles. The lowest BCUT2D eigenvalue weighted by Crippen LogP contribution is -2.14. The van der Waals surface area contributed by atoms with E-state index in [9.17, 15) is 4.79 Å². The van der Waals surface area contributed by atoms with Gasteiger partial charge < -0.3 is 15.4 Å². The molecule has 3 rings (SSSR count). The van der Waals surface area contributed by atoms with E-state index in [0.717, 1.165) is 28.4 Å². The first kappa shape index (κ1) is 20.4. The van der Waals surface area contributed by atoms with Crippen LogP contribution in [-0.2, 0) is 0 Å². The second-order valence-electron chi connectivity index (χ2n) is 7.47. The van der Waals surface area contributed by atoms with Crippen LogP contribution in [-0.4, -0.2) is 17.0 Å². The lowest BCUT2D eigenvalue weighted by molar-refractivity contribution is 0.102. The average molecular weight is 389 g/mol. The van der Waals surface area contributed by atoms with Gasteiger partial charge in [0.05, 0.1) is 23.6 Å². The zero-order valence-electron chi connectivity index (χ0n) is 17.3. The number of hydrogen-bond donors (Lipinski definition) is 2. The van der Waals surface area contributed by atoms with Crippen LogP contribution in [0.15, 0.2) is 67.0 Å². The Kier molecular flexibility index (Phi) is 6.50. The summed E-state index contributed by atoms with van der Waals surface area (Å²) in [6.45, 7) is 8.20. The topological polar surface area (TPSA) is 63.2 Å². The van der Waals surface area contributed by atoms with Crippen molar-refractivity contribution in [1.82, 2.24) is 4.98 Å². The number of carbonyl (C=O) groups is 1. The van der Waals surface area contributed by atoms with E-state index in [4.69, 9.17) is 4.74 Å². The van der Waals surface area contributed by atoms with Crippen molar-refractivity contribution in [3.8, 4) is 5.75 Å². The van der Waals surface area contributed by atoms with Crippen molar-refractivity contribution in [3.63, 3.8) is 0 Å². The number of nitrogens with zero attached hydrogens (tertiary/aromatic N) is 1. The highest BCUT2D eigenvalue weighted by molar-refractivity contribution is 6.05. The maximum absolute atomic E-state index is 12.7. The third-order valence-corrected chi connectivity index (χ3v) is 4.35. The van der Waals surface area contributed by atoms with Crippen molar-refractivity contribution in [2.75, 3.05) is 10.6 Å². The Morgan fingerprint density at radius 2 is 1.66 bits per heavy atom. The lowest BCUT2D eigenvalue weighted by Gasteiger charge is -2.14. The summed E-state index contributed by atoms with van der Waals surface area (Å²) in [5, 5.41) is 6.28. The summed E-state index contributed by atoms with van der Waals surface area (Å²) in [6, 6.07) is 17.3. The number of para-hydroxylation sites is 1. The van der Waals surface area contributed by atoms with Crippen molar-refractivity contribution in [2.24, 2.45) is 0 Å². The van der Waals surface area contributed by atoms with Gasteiger partial charge in [-0.05, 0) is 61.7 Å². The molecule has 0 saturated carbocycles. The monoisotopic (exact) mass is 389 g/mol. The van der Waals surface area contributed by atoms with Crippen LogP contribution in [0.25, 0.3) is 0 Å². The summed E-state index contributed by atoms with van der Waals surface area (Å²) < 4.78 is 5.66. The minimum atomic E-state index is -0.185. The molecular weight excluding hydrogens is 362 g/mol. The van der Waals surface area contributed by atoms with E-state index in [2.05, 4.69) is 29.5 Å². The van der Waals surface area contributed by atoms with E-state index in [1.54, 1.807) is 18.5 Å². The number of rotatable bonds is 7. The SMILES string of the molecule is CC(C)Oc1ccc(Nc2cncc(C(=O)Nc3ccccc3C(C)C)c2)cc1. The average Bonchev–Trinajstić information content (AvgIpc) is 2.69. The van der Waals surface area contributed by atoms with Crippen LogP contribution in [0.4, 0.5) is 17.1 Å². The predicted octanol–water partition coefficient (Wildman–Crippen LogP) is 5.99. The number of amides is 1. The molecule has 0 aliphatic carbocycles. The molecule has 0 fully saturated rings. The van der Waals surface area contributed by atoms with Crippen LogP contribution in [0.5, 0.6) is 5.75 Å². The summed E-state index contributed by atoms with van der Waals surface area (Å²) in [5.41, 5.74) is 4.06. The van der Waals surface area contributed by atoms with E-state index in [-0.39, 0.29) is 12.0 Å². The van der Waals surface area contributed by atoms with Gasteiger partial charge in [-0.25, -0.2) is 0 Å². The van der Waals surface area contributed by atoms with Gasteiger partial charge in [0.25, 0.3) is 5.91 Å². The molecule has 5 nitrogen and oxygen atoms in total. The quantitative estimate of drug-likeness (QED) is 0.521. The maximum Gasteiger partial charge on any atom is 0.257 e. The largest absolute Gasteiger partial charge is 0.491 e. The molecule has 5 heteroatoms. The van der Waals surface area contributed by atoms with Gasteiger partial charge >= 0.3 is 0 Å². The number of benzene rings is 2. The second kappa shape index (κ2) is 9.24. The Bertz CT molecular complexity index is 966. The number of carbonyl (C=O) groups excluding carboxylic acids is 1. The van der Waals surface area contributed by atoms with E-state index >= 15 is 0 Å². The smallest absolute Gasteiger partial charge is 0.257 e. The van der Waals surface area contributed by atoms with Crippen LogP contribution < -0.4 is 15.4 Å². The summed E-state index contributed by atoms with van der Waals surface area (Å²) in [6.07, 6.45) is 3.39. The number of nitrogens with one attached hydrogen (secondary N) is 2.